The maximum atomic E-state index is 11.9. The average molecular weight is 354 g/mol. The second-order valence-corrected chi connectivity index (χ2v) is 7.17. The van der Waals surface area contributed by atoms with Crippen molar-refractivity contribution in [1.29, 1.82) is 0 Å². The topological polar surface area (TPSA) is 87.4 Å². The fourth-order valence-electron chi connectivity index (χ4n) is 1.87. The summed E-state index contributed by atoms with van der Waals surface area (Å²) in [5.74, 6) is 0.650. The van der Waals surface area contributed by atoms with Gasteiger partial charge in [-0.15, -0.1) is 0 Å². The second kappa shape index (κ2) is 6.23. The van der Waals surface area contributed by atoms with E-state index in [4.69, 9.17) is 17.3 Å². The zero-order valence-electron chi connectivity index (χ0n) is 11.5. The van der Waals surface area contributed by atoms with Crippen molar-refractivity contribution in [1.82, 2.24) is 10.2 Å². The first-order chi connectivity index (χ1) is 10.5. The van der Waals surface area contributed by atoms with Gasteiger partial charge in [-0.05, 0) is 17.7 Å². The van der Waals surface area contributed by atoms with E-state index in [2.05, 4.69) is 15.3 Å². The van der Waals surface area contributed by atoms with Crippen LogP contribution in [0.1, 0.15) is 5.56 Å². The lowest BCUT2D eigenvalue weighted by molar-refractivity contribution is 0.899. The summed E-state index contributed by atoms with van der Waals surface area (Å²) in [5, 5.41) is 13.0. The summed E-state index contributed by atoms with van der Waals surface area (Å²) in [5.41, 5.74) is 7.78. The highest BCUT2D eigenvalue weighted by Gasteiger charge is 2.21. The van der Waals surface area contributed by atoms with Crippen molar-refractivity contribution in [3.05, 3.63) is 45.3 Å². The zero-order chi connectivity index (χ0) is 15.7. The molecule has 0 bridgehead atoms. The minimum atomic E-state index is -0.215. The van der Waals surface area contributed by atoms with Crippen molar-refractivity contribution in [2.24, 2.45) is 5.10 Å². The van der Waals surface area contributed by atoms with Crippen LogP contribution in [-0.4, -0.2) is 21.6 Å². The van der Waals surface area contributed by atoms with E-state index in [1.54, 1.807) is 24.3 Å². The van der Waals surface area contributed by atoms with Gasteiger partial charge in [0.1, 0.15) is 4.90 Å². The summed E-state index contributed by atoms with van der Waals surface area (Å²) in [6.45, 7) is 0. The van der Waals surface area contributed by atoms with Gasteiger partial charge in [0.15, 0.2) is 4.38 Å². The van der Waals surface area contributed by atoms with Crippen LogP contribution in [0.25, 0.3) is 0 Å². The molecule has 3 N–H and O–H groups in total. The van der Waals surface area contributed by atoms with Crippen LogP contribution in [0.2, 0.25) is 5.02 Å². The number of H-pyrrole nitrogens is 1. The van der Waals surface area contributed by atoms with E-state index in [1.807, 2.05) is 12.1 Å². The highest BCUT2D eigenvalue weighted by atomic mass is 35.5. The van der Waals surface area contributed by atoms with Crippen molar-refractivity contribution in [2.75, 3.05) is 17.8 Å². The number of anilines is 2. The lowest BCUT2D eigenvalue weighted by Crippen LogP contribution is -2.22. The number of hydrazone groups is 1. The molecule has 3 rings (SSSR count). The van der Waals surface area contributed by atoms with Gasteiger partial charge in [-0.2, -0.15) is 10.2 Å². The van der Waals surface area contributed by atoms with Gasteiger partial charge in [0.25, 0.3) is 5.56 Å². The van der Waals surface area contributed by atoms with Crippen LogP contribution in [0.3, 0.4) is 0 Å². The lowest BCUT2D eigenvalue weighted by Gasteiger charge is -2.21. The van der Waals surface area contributed by atoms with Crippen LogP contribution in [-0.2, 0) is 5.75 Å². The Labute approximate surface area is 140 Å². The number of halogens is 1. The number of nitrogen functional groups attached to an aromatic ring is 1. The SMILES string of the molecule is CN1N=C(SCc2ccc(N)cc2Cl)Sc2c1cn[nH]c2=O. The van der Waals surface area contributed by atoms with Gasteiger partial charge < -0.3 is 5.73 Å². The summed E-state index contributed by atoms with van der Waals surface area (Å²) in [6, 6.07) is 5.44. The van der Waals surface area contributed by atoms with Crippen molar-refractivity contribution >= 4 is 50.9 Å². The lowest BCUT2D eigenvalue weighted by atomic mass is 10.2. The monoisotopic (exact) mass is 353 g/mol. The summed E-state index contributed by atoms with van der Waals surface area (Å²) in [6.07, 6.45) is 1.59. The molecule has 114 valence electrons. The van der Waals surface area contributed by atoms with E-state index in [0.29, 0.717) is 27.0 Å². The number of aromatic nitrogens is 2. The molecule has 0 amide bonds. The van der Waals surface area contributed by atoms with E-state index in [-0.39, 0.29) is 5.56 Å². The van der Waals surface area contributed by atoms with Crippen LogP contribution in [0.5, 0.6) is 0 Å². The van der Waals surface area contributed by atoms with Gasteiger partial charge in [-0.1, -0.05) is 41.2 Å². The number of hydrogen-bond donors (Lipinski definition) is 2. The maximum absolute atomic E-state index is 11.9. The number of nitrogens with one attached hydrogen (secondary N) is 1. The van der Waals surface area contributed by atoms with Crippen LogP contribution >= 0.6 is 35.1 Å². The normalized spacial score (nSPS) is 13.7. The van der Waals surface area contributed by atoms with E-state index >= 15 is 0 Å². The third-order valence-electron chi connectivity index (χ3n) is 2.99. The van der Waals surface area contributed by atoms with Gasteiger partial charge in [-0.3, -0.25) is 9.80 Å². The van der Waals surface area contributed by atoms with E-state index in [0.717, 1.165) is 9.94 Å². The summed E-state index contributed by atoms with van der Waals surface area (Å²) in [4.78, 5) is 12.5. The molecule has 6 nitrogen and oxygen atoms in total. The van der Waals surface area contributed by atoms with Crippen molar-refractivity contribution < 1.29 is 0 Å². The maximum Gasteiger partial charge on any atom is 0.280 e. The average Bonchev–Trinajstić information content (AvgIpc) is 2.47. The highest BCUT2D eigenvalue weighted by molar-refractivity contribution is 8.38. The molecule has 0 saturated heterocycles. The van der Waals surface area contributed by atoms with Crippen LogP contribution in [0.4, 0.5) is 11.4 Å². The quantitative estimate of drug-likeness (QED) is 0.807. The molecule has 0 aliphatic carbocycles. The molecule has 9 heteroatoms. The Morgan fingerprint density at radius 3 is 3.09 bits per heavy atom. The smallest absolute Gasteiger partial charge is 0.280 e. The highest BCUT2D eigenvalue weighted by Crippen LogP contribution is 2.36. The van der Waals surface area contributed by atoms with Crippen molar-refractivity contribution in [3.63, 3.8) is 0 Å². The number of fused-ring (bicyclic) bond motifs is 1. The molecule has 0 radical (unpaired) electrons. The Hall–Kier alpha value is -1.64. The number of nitrogens with two attached hydrogens (primary N) is 1. The molecule has 0 atom stereocenters. The minimum Gasteiger partial charge on any atom is -0.399 e. The fraction of sp³-hybridized carbons (Fsp3) is 0.154. The van der Waals surface area contributed by atoms with Gasteiger partial charge >= 0.3 is 0 Å². The summed E-state index contributed by atoms with van der Waals surface area (Å²) >= 11 is 9.02. The van der Waals surface area contributed by atoms with E-state index in [1.165, 1.54) is 23.5 Å². The first-order valence-corrected chi connectivity index (χ1v) is 8.47. The molecule has 0 fully saturated rings. The van der Waals surface area contributed by atoms with Crippen LogP contribution < -0.4 is 16.3 Å². The molecule has 22 heavy (non-hydrogen) atoms. The summed E-state index contributed by atoms with van der Waals surface area (Å²) in [7, 11) is 1.79. The Balaban J connectivity index is 1.77. The first kappa shape index (κ1) is 15.3. The standard InChI is InChI=1S/C13H12ClN5OS2/c1-19-10-5-16-17-12(20)11(10)22-13(18-19)21-6-7-2-3-8(15)4-9(7)14/h2-5H,6,15H2,1H3,(H,17,20). The third kappa shape index (κ3) is 3.08. The number of nitrogens with zero attached hydrogens (tertiary/aromatic N) is 3. The first-order valence-electron chi connectivity index (χ1n) is 6.29. The second-order valence-electron chi connectivity index (χ2n) is 4.54. The number of benzene rings is 1. The van der Waals surface area contributed by atoms with Gasteiger partial charge in [0.05, 0.1) is 11.9 Å². The molecule has 0 saturated carbocycles. The number of hydrogen-bond acceptors (Lipinski definition) is 7. The predicted octanol–water partition coefficient (Wildman–Crippen LogP) is 2.75. The summed E-state index contributed by atoms with van der Waals surface area (Å²) < 4.78 is 0.777. The number of rotatable bonds is 2. The Morgan fingerprint density at radius 1 is 1.50 bits per heavy atom. The molecule has 1 aromatic carbocycles. The Bertz CT molecular complexity index is 807. The van der Waals surface area contributed by atoms with Crippen molar-refractivity contribution in [2.45, 2.75) is 10.6 Å². The van der Waals surface area contributed by atoms with Crippen LogP contribution in [0, 0.1) is 0 Å². The number of thioether (sulfide) groups is 2. The van der Waals surface area contributed by atoms with E-state index < -0.39 is 0 Å². The molecule has 1 aliphatic heterocycles. The zero-order valence-corrected chi connectivity index (χ0v) is 13.9. The molecule has 0 spiro atoms. The van der Waals surface area contributed by atoms with Gasteiger partial charge in [0, 0.05) is 23.5 Å². The molecule has 0 unspecified atom stereocenters. The fourth-order valence-corrected chi connectivity index (χ4v) is 4.34. The van der Waals surface area contributed by atoms with Gasteiger partial charge in [-0.25, -0.2) is 5.10 Å². The largest absolute Gasteiger partial charge is 0.399 e. The Kier molecular flexibility index (Phi) is 4.32. The molecule has 1 aliphatic rings. The molecule has 1 aromatic heterocycles. The predicted molar refractivity (Wildman–Crippen MR) is 93.7 cm³/mol. The van der Waals surface area contributed by atoms with Crippen molar-refractivity contribution in [3.8, 4) is 0 Å². The van der Waals surface area contributed by atoms with Crippen LogP contribution in [0.15, 0.2) is 39.2 Å². The molecular weight excluding hydrogens is 342 g/mol. The molecular formula is C13H12ClN5OS2. The van der Waals surface area contributed by atoms with E-state index in [9.17, 15) is 4.79 Å². The Morgan fingerprint density at radius 2 is 2.32 bits per heavy atom. The minimum absolute atomic E-state index is 0.215. The molecule has 2 aromatic rings. The number of aromatic amines is 1. The molecule has 2 heterocycles. The third-order valence-corrected chi connectivity index (χ3v) is 5.58. The van der Waals surface area contributed by atoms with Gasteiger partial charge in [0.2, 0.25) is 0 Å².